The van der Waals surface area contributed by atoms with Crippen molar-refractivity contribution in [2.45, 2.75) is 69.5 Å². The molecule has 1 aliphatic carbocycles. The van der Waals surface area contributed by atoms with Gasteiger partial charge in [0, 0.05) is 29.4 Å². The Bertz CT molecular complexity index is 1000. The molecule has 2 aromatic rings. The molecule has 0 aromatic heterocycles. The fraction of sp³-hybridized carbons (Fsp3) is 0.500. The Hall–Kier alpha value is -2.57. The lowest BCUT2D eigenvalue weighted by atomic mass is 9.75. The Balaban J connectivity index is 1.44. The number of methoxy groups -OCH3 is 1. The number of ether oxygens (including phenoxy) is 1. The smallest absolute Gasteiger partial charge is 0.220 e. The molecule has 1 atom stereocenters. The minimum atomic E-state index is -0.155. The van der Waals surface area contributed by atoms with Gasteiger partial charge in [-0.05, 0) is 88.5 Å². The van der Waals surface area contributed by atoms with E-state index in [4.69, 9.17) is 16.3 Å². The predicted molar refractivity (Wildman–Crippen MR) is 141 cm³/mol. The van der Waals surface area contributed by atoms with Gasteiger partial charge in [0.25, 0.3) is 0 Å². The van der Waals surface area contributed by atoms with Crippen LogP contribution in [0.1, 0.15) is 62.6 Å². The average Bonchev–Trinajstić information content (AvgIpc) is 2.84. The van der Waals surface area contributed by atoms with Gasteiger partial charge in [-0.2, -0.15) is 0 Å². The van der Waals surface area contributed by atoms with Gasteiger partial charge in [-0.3, -0.25) is 9.59 Å². The average molecular weight is 500 g/mol. The van der Waals surface area contributed by atoms with E-state index < -0.39 is 0 Å². The summed E-state index contributed by atoms with van der Waals surface area (Å²) in [5.41, 5.74) is 2.26. The molecule has 190 valence electrons. The van der Waals surface area contributed by atoms with Gasteiger partial charge in [0.05, 0.1) is 13.2 Å². The van der Waals surface area contributed by atoms with E-state index >= 15 is 0 Å². The van der Waals surface area contributed by atoms with Crippen molar-refractivity contribution in [1.29, 1.82) is 0 Å². The minimum Gasteiger partial charge on any atom is -0.497 e. The fourth-order valence-electron chi connectivity index (χ4n) is 4.94. The number of carbonyl (C=O) groups excluding carboxylic acids is 2. The van der Waals surface area contributed by atoms with E-state index in [1.807, 2.05) is 49.4 Å². The van der Waals surface area contributed by atoms with E-state index in [9.17, 15) is 9.59 Å². The molecule has 2 N–H and O–H groups in total. The van der Waals surface area contributed by atoms with E-state index in [-0.39, 0.29) is 42.3 Å². The van der Waals surface area contributed by atoms with E-state index in [1.165, 1.54) is 5.56 Å². The zero-order valence-corrected chi connectivity index (χ0v) is 22.0. The van der Waals surface area contributed by atoms with E-state index in [0.717, 1.165) is 48.4 Å². The van der Waals surface area contributed by atoms with Gasteiger partial charge in [-0.1, -0.05) is 35.9 Å². The first kappa shape index (κ1) is 27.0. The Kier molecular flexibility index (Phi) is 9.58. The van der Waals surface area contributed by atoms with Crippen molar-refractivity contribution in [1.82, 2.24) is 15.5 Å². The highest BCUT2D eigenvalue weighted by molar-refractivity contribution is 6.30. The molecule has 0 saturated heterocycles. The fourth-order valence-corrected chi connectivity index (χ4v) is 5.16. The summed E-state index contributed by atoms with van der Waals surface area (Å²) >= 11 is 6.20. The number of halogens is 1. The van der Waals surface area contributed by atoms with Gasteiger partial charge >= 0.3 is 0 Å². The normalized spacial score (nSPS) is 20.8. The van der Waals surface area contributed by atoms with Crippen molar-refractivity contribution in [3.05, 3.63) is 64.7 Å². The van der Waals surface area contributed by atoms with Crippen LogP contribution in [0.25, 0.3) is 0 Å². The molecule has 1 aliphatic rings. The number of nitrogens with one attached hydrogen (secondary N) is 2. The summed E-state index contributed by atoms with van der Waals surface area (Å²) in [5.74, 6) is 0.556. The highest BCUT2D eigenvalue weighted by Gasteiger charge is 2.37. The first-order chi connectivity index (χ1) is 16.7. The third-order valence-corrected chi connectivity index (χ3v) is 7.44. The standard InChI is InChI=1S/C28H38ClN3O3/c1-20(22-8-6-10-25(18-22)35-4)30-26(33)11-12-27(34)31-24-13-15-28(16-14-24,32(2)3)19-21-7-5-9-23(29)17-21/h5-10,17-18,20,24H,11-16,19H2,1-4H3,(H,30,33)(H,31,34). The highest BCUT2D eigenvalue weighted by atomic mass is 35.5. The van der Waals surface area contributed by atoms with Gasteiger partial charge in [0.2, 0.25) is 11.8 Å². The van der Waals surface area contributed by atoms with Crippen molar-refractivity contribution in [3.8, 4) is 5.75 Å². The van der Waals surface area contributed by atoms with Crippen LogP contribution in [0, 0.1) is 0 Å². The van der Waals surface area contributed by atoms with Crippen LogP contribution in [0.3, 0.4) is 0 Å². The number of likely N-dealkylation sites (N-methyl/N-ethyl adjacent to an activating group) is 1. The van der Waals surface area contributed by atoms with Crippen molar-refractivity contribution < 1.29 is 14.3 Å². The van der Waals surface area contributed by atoms with Crippen LogP contribution in [-0.2, 0) is 16.0 Å². The summed E-state index contributed by atoms with van der Waals surface area (Å²) in [5, 5.41) is 6.88. The zero-order valence-electron chi connectivity index (χ0n) is 21.3. The summed E-state index contributed by atoms with van der Waals surface area (Å²) in [6.45, 7) is 1.93. The third kappa shape index (κ3) is 7.71. The summed E-state index contributed by atoms with van der Waals surface area (Å²) in [4.78, 5) is 27.3. The van der Waals surface area contributed by atoms with Crippen LogP contribution in [0.15, 0.2) is 48.5 Å². The van der Waals surface area contributed by atoms with Crippen molar-refractivity contribution in [2.75, 3.05) is 21.2 Å². The summed E-state index contributed by atoms with van der Waals surface area (Å²) in [6.07, 6.45) is 5.13. The number of hydrogen-bond donors (Lipinski definition) is 2. The molecule has 0 spiro atoms. The Morgan fingerprint density at radius 3 is 2.43 bits per heavy atom. The maximum absolute atomic E-state index is 12.5. The SMILES string of the molecule is COc1cccc(C(C)NC(=O)CCC(=O)NC2CCC(Cc3cccc(Cl)c3)(N(C)C)CC2)c1. The van der Waals surface area contributed by atoms with Crippen LogP contribution in [0.5, 0.6) is 5.75 Å². The lowest BCUT2D eigenvalue weighted by Gasteiger charge is -2.45. The molecule has 1 fully saturated rings. The molecule has 0 heterocycles. The van der Waals surface area contributed by atoms with Crippen LogP contribution in [-0.4, -0.2) is 49.5 Å². The molecule has 1 unspecified atom stereocenters. The molecule has 2 aromatic carbocycles. The van der Waals surface area contributed by atoms with Crippen molar-refractivity contribution >= 4 is 23.4 Å². The van der Waals surface area contributed by atoms with Crippen LogP contribution >= 0.6 is 11.6 Å². The monoisotopic (exact) mass is 499 g/mol. The molecule has 1 saturated carbocycles. The first-order valence-electron chi connectivity index (χ1n) is 12.4. The Morgan fingerprint density at radius 1 is 1.09 bits per heavy atom. The molecular weight excluding hydrogens is 462 g/mol. The Morgan fingerprint density at radius 2 is 1.77 bits per heavy atom. The molecule has 35 heavy (non-hydrogen) atoms. The van der Waals surface area contributed by atoms with Gasteiger partial charge in [0.15, 0.2) is 0 Å². The number of benzene rings is 2. The lowest BCUT2D eigenvalue weighted by molar-refractivity contribution is -0.127. The van der Waals surface area contributed by atoms with Crippen LogP contribution in [0.2, 0.25) is 5.02 Å². The van der Waals surface area contributed by atoms with Crippen molar-refractivity contribution in [2.24, 2.45) is 0 Å². The number of amides is 2. The second-order valence-corrected chi connectivity index (χ2v) is 10.3. The maximum Gasteiger partial charge on any atom is 0.220 e. The van der Waals surface area contributed by atoms with E-state index in [0.29, 0.717) is 0 Å². The number of carbonyl (C=O) groups is 2. The molecule has 0 aliphatic heterocycles. The number of hydrogen-bond acceptors (Lipinski definition) is 4. The zero-order chi connectivity index (χ0) is 25.4. The number of nitrogens with zero attached hydrogens (tertiary/aromatic N) is 1. The van der Waals surface area contributed by atoms with Gasteiger partial charge in [-0.15, -0.1) is 0 Å². The molecule has 6 nitrogen and oxygen atoms in total. The minimum absolute atomic E-state index is 0.0576. The maximum atomic E-state index is 12.5. The summed E-state index contributed by atoms with van der Waals surface area (Å²) in [6, 6.07) is 15.7. The quantitative estimate of drug-likeness (QED) is 0.487. The molecular formula is C28H38ClN3O3. The third-order valence-electron chi connectivity index (χ3n) is 7.20. The second kappa shape index (κ2) is 12.4. The topological polar surface area (TPSA) is 70.7 Å². The van der Waals surface area contributed by atoms with Crippen LogP contribution in [0.4, 0.5) is 0 Å². The van der Waals surface area contributed by atoms with Gasteiger partial charge in [0.1, 0.15) is 5.75 Å². The van der Waals surface area contributed by atoms with Gasteiger partial charge in [-0.25, -0.2) is 0 Å². The Labute approximate surface area is 214 Å². The van der Waals surface area contributed by atoms with Gasteiger partial charge < -0.3 is 20.3 Å². The summed E-state index contributed by atoms with van der Waals surface area (Å²) < 4.78 is 5.25. The van der Waals surface area contributed by atoms with Crippen LogP contribution < -0.4 is 15.4 Å². The number of rotatable bonds is 10. The van der Waals surface area contributed by atoms with E-state index in [2.05, 4.69) is 35.7 Å². The van der Waals surface area contributed by atoms with E-state index in [1.54, 1.807) is 7.11 Å². The highest BCUT2D eigenvalue weighted by Crippen LogP contribution is 2.36. The summed E-state index contributed by atoms with van der Waals surface area (Å²) in [7, 11) is 5.89. The predicted octanol–water partition coefficient (Wildman–Crippen LogP) is 4.91. The first-order valence-corrected chi connectivity index (χ1v) is 12.7. The molecule has 0 bridgehead atoms. The molecule has 7 heteroatoms. The second-order valence-electron chi connectivity index (χ2n) is 9.83. The molecule has 3 rings (SSSR count). The molecule has 0 radical (unpaired) electrons. The largest absolute Gasteiger partial charge is 0.497 e. The van der Waals surface area contributed by atoms with Crippen molar-refractivity contribution in [3.63, 3.8) is 0 Å². The lowest BCUT2D eigenvalue weighted by Crippen LogP contribution is -2.52. The molecule has 2 amide bonds.